The molecular formula is C11H10Cl2N4O. The number of aromatic amines is 1. The molecule has 0 aliphatic carbocycles. The monoisotopic (exact) mass is 284 g/mol. The molecule has 18 heavy (non-hydrogen) atoms. The number of nitrogen functional groups attached to an aromatic ring is 1. The van der Waals surface area contributed by atoms with Crippen LogP contribution in [-0.4, -0.2) is 16.1 Å². The maximum atomic E-state index is 11.9. The predicted molar refractivity (Wildman–Crippen MR) is 72.2 cm³/mol. The summed E-state index contributed by atoms with van der Waals surface area (Å²) in [7, 11) is 0. The Morgan fingerprint density at radius 3 is 2.44 bits per heavy atom. The molecule has 0 aliphatic rings. The number of amides is 1. The van der Waals surface area contributed by atoms with E-state index in [4.69, 9.17) is 28.9 Å². The molecular weight excluding hydrogens is 275 g/mol. The summed E-state index contributed by atoms with van der Waals surface area (Å²) >= 11 is 11.6. The number of benzene rings is 1. The second-order valence-corrected chi connectivity index (χ2v) is 4.60. The zero-order valence-electron chi connectivity index (χ0n) is 9.42. The number of aryl methyl sites for hydroxylation is 1. The van der Waals surface area contributed by atoms with Crippen molar-refractivity contribution in [2.45, 2.75) is 6.92 Å². The van der Waals surface area contributed by atoms with Crippen molar-refractivity contribution in [3.05, 3.63) is 39.5 Å². The molecule has 0 spiro atoms. The van der Waals surface area contributed by atoms with Crippen LogP contribution in [0.3, 0.4) is 0 Å². The summed E-state index contributed by atoms with van der Waals surface area (Å²) < 4.78 is 0. The summed E-state index contributed by atoms with van der Waals surface area (Å²) in [5, 5.41) is 9.91. The Hall–Kier alpha value is -1.72. The van der Waals surface area contributed by atoms with Crippen LogP contribution in [0, 0.1) is 6.92 Å². The van der Waals surface area contributed by atoms with Crippen LogP contribution < -0.4 is 11.1 Å². The number of halogens is 2. The van der Waals surface area contributed by atoms with E-state index in [1.165, 1.54) is 12.1 Å². The number of nitrogens with two attached hydrogens (primary N) is 1. The van der Waals surface area contributed by atoms with Crippen molar-refractivity contribution in [2.24, 2.45) is 0 Å². The van der Waals surface area contributed by atoms with Crippen LogP contribution in [0.15, 0.2) is 18.2 Å². The minimum atomic E-state index is -0.377. The fraction of sp³-hybridized carbons (Fsp3) is 0.0909. The van der Waals surface area contributed by atoms with E-state index in [1.54, 1.807) is 13.0 Å². The first-order chi connectivity index (χ1) is 8.47. The van der Waals surface area contributed by atoms with Crippen LogP contribution in [0.2, 0.25) is 10.0 Å². The maximum Gasteiger partial charge on any atom is 0.257 e. The topological polar surface area (TPSA) is 83.8 Å². The van der Waals surface area contributed by atoms with E-state index in [2.05, 4.69) is 15.5 Å². The third-order valence-electron chi connectivity index (χ3n) is 2.35. The highest BCUT2D eigenvalue weighted by molar-refractivity contribution is 6.35. The Morgan fingerprint density at radius 1 is 1.33 bits per heavy atom. The van der Waals surface area contributed by atoms with Crippen molar-refractivity contribution >= 4 is 40.6 Å². The molecule has 7 heteroatoms. The smallest absolute Gasteiger partial charge is 0.257 e. The van der Waals surface area contributed by atoms with Gasteiger partial charge in [-0.15, -0.1) is 0 Å². The van der Waals surface area contributed by atoms with Crippen molar-refractivity contribution in [3.8, 4) is 0 Å². The number of nitrogens with zero attached hydrogens (tertiary/aromatic N) is 1. The van der Waals surface area contributed by atoms with E-state index >= 15 is 0 Å². The molecule has 1 aromatic heterocycles. The van der Waals surface area contributed by atoms with E-state index < -0.39 is 0 Å². The number of hydrogen-bond acceptors (Lipinski definition) is 3. The second-order valence-electron chi connectivity index (χ2n) is 3.72. The van der Waals surface area contributed by atoms with Crippen LogP contribution in [0.4, 0.5) is 11.5 Å². The molecule has 1 amide bonds. The van der Waals surface area contributed by atoms with Gasteiger partial charge in [-0.2, -0.15) is 5.10 Å². The Balaban J connectivity index is 2.24. The average Bonchev–Trinajstić information content (AvgIpc) is 2.59. The number of rotatable bonds is 2. The van der Waals surface area contributed by atoms with Crippen LogP contribution in [0.5, 0.6) is 0 Å². The van der Waals surface area contributed by atoms with Gasteiger partial charge in [-0.25, -0.2) is 0 Å². The fourth-order valence-corrected chi connectivity index (χ4v) is 1.92. The lowest BCUT2D eigenvalue weighted by atomic mass is 10.2. The van der Waals surface area contributed by atoms with Crippen LogP contribution in [0.25, 0.3) is 0 Å². The molecule has 0 radical (unpaired) electrons. The summed E-state index contributed by atoms with van der Waals surface area (Å²) in [5.74, 6) is -0.0915. The highest BCUT2D eigenvalue weighted by Gasteiger charge is 2.13. The van der Waals surface area contributed by atoms with Crippen molar-refractivity contribution in [3.63, 3.8) is 0 Å². The zero-order valence-corrected chi connectivity index (χ0v) is 10.9. The van der Waals surface area contributed by atoms with Gasteiger partial charge in [-0.1, -0.05) is 23.2 Å². The fourth-order valence-electron chi connectivity index (χ4n) is 1.40. The Kier molecular flexibility index (Phi) is 3.45. The highest BCUT2D eigenvalue weighted by atomic mass is 35.5. The summed E-state index contributed by atoms with van der Waals surface area (Å²) in [6.45, 7) is 1.76. The normalized spacial score (nSPS) is 10.4. The van der Waals surface area contributed by atoms with Gasteiger partial charge in [0.2, 0.25) is 0 Å². The first kappa shape index (κ1) is 12.7. The van der Waals surface area contributed by atoms with E-state index in [9.17, 15) is 4.79 Å². The van der Waals surface area contributed by atoms with E-state index in [0.717, 1.165) is 0 Å². The highest BCUT2D eigenvalue weighted by Crippen LogP contribution is 2.22. The number of aromatic nitrogens is 2. The first-order valence-corrected chi connectivity index (χ1v) is 5.81. The minimum absolute atomic E-state index is 0.286. The molecule has 0 bridgehead atoms. The van der Waals surface area contributed by atoms with Gasteiger partial charge in [0.05, 0.1) is 11.4 Å². The number of H-pyrrole nitrogens is 1. The molecule has 0 aliphatic heterocycles. The average molecular weight is 285 g/mol. The Morgan fingerprint density at radius 2 is 1.94 bits per heavy atom. The molecule has 4 N–H and O–H groups in total. The Bertz CT molecular complexity index is 589. The largest absolute Gasteiger partial charge is 0.394 e. The zero-order chi connectivity index (χ0) is 13.3. The third kappa shape index (κ3) is 2.57. The van der Waals surface area contributed by atoms with Gasteiger partial charge in [0.25, 0.3) is 5.91 Å². The van der Waals surface area contributed by atoms with Crippen molar-refractivity contribution in [1.82, 2.24) is 10.2 Å². The molecule has 2 aromatic rings. The molecule has 0 atom stereocenters. The second kappa shape index (κ2) is 4.88. The number of nitrogens with one attached hydrogen (secondary N) is 2. The molecule has 5 nitrogen and oxygen atoms in total. The number of anilines is 2. The molecule has 1 aromatic carbocycles. The van der Waals surface area contributed by atoms with Gasteiger partial charge in [0.15, 0.2) is 5.82 Å². The lowest BCUT2D eigenvalue weighted by Crippen LogP contribution is -2.13. The van der Waals surface area contributed by atoms with Gasteiger partial charge in [-0.3, -0.25) is 9.89 Å². The van der Waals surface area contributed by atoms with Crippen molar-refractivity contribution in [1.29, 1.82) is 0 Å². The van der Waals surface area contributed by atoms with Crippen LogP contribution in [0.1, 0.15) is 16.1 Å². The van der Waals surface area contributed by atoms with Gasteiger partial charge in [0, 0.05) is 15.6 Å². The van der Waals surface area contributed by atoms with E-state index in [0.29, 0.717) is 27.0 Å². The van der Waals surface area contributed by atoms with Gasteiger partial charge < -0.3 is 11.1 Å². The lowest BCUT2D eigenvalue weighted by molar-refractivity contribution is 0.102. The molecule has 2 rings (SSSR count). The number of carbonyl (C=O) groups excluding carboxylic acids is 1. The summed E-state index contributed by atoms with van der Waals surface area (Å²) in [5.41, 5.74) is 7.16. The molecule has 0 saturated carbocycles. The van der Waals surface area contributed by atoms with Gasteiger partial charge in [0.1, 0.15) is 0 Å². The van der Waals surface area contributed by atoms with Crippen LogP contribution in [-0.2, 0) is 0 Å². The SMILES string of the molecule is Cc1[nH]nc(NC(=O)c2cc(Cl)cc(Cl)c2)c1N. The quantitative estimate of drug-likeness (QED) is 0.793. The molecule has 1 heterocycles. The van der Waals surface area contributed by atoms with Crippen molar-refractivity contribution in [2.75, 3.05) is 11.1 Å². The van der Waals surface area contributed by atoms with Crippen molar-refractivity contribution < 1.29 is 4.79 Å². The predicted octanol–water partition coefficient (Wildman–Crippen LogP) is 2.86. The van der Waals surface area contributed by atoms with Gasteiger partial charge in [-0.05, 0) is 25.1 Å². The molecule has 0 fully saturated rings. The minimum Gasteiger partial charge on any atom is -0.394 e. The number of hydrogen-bond donors (Lipinski definition) is 3. The van der Waals surface area contributed by atoms with E-state index in [-0.39, 0.29) is 11.7 Å². The van der Waals surface area contributed by atoms with E-state index in [1.807, 2.05) is 0 Å². The lowest BCUT2D eigenvalue weighted by Gasteiger charge is -2.04. The molecule has 0 saturated heterocycles. The summed E-state index contributed by atoms with van der Waals surface area (Å²) in [6, 6.07) is 4.57. The standard InChI is InChI=1S/C11H10Cl2N4O/c1-5-9(14)10(17-16-5)15-11(18)6-2-7(12)4-8(13)3-6/h2-4H,14H2,1H3,(H2,15,16,17,18). The first-order valence-electron chi connectivity index (χ1n) is 5.05. The van der Waals surface area contributed by atoms with Gasteiger partial charge >= 0.3 is 0 Å². The molecule has 0 unspecified atom stereocenters. The summed E-state index contributed by atoms with van der Waals surface area (Å²) in [4.78, 5) is 11.9. The number of carbonyl (C=O) groups is 1. The third-order valence-corrected chi connectivity index (χ3v) is 2.79. The summed E-state index contributed by atoms with van der Waals surface area (Å²) in [6.07, 6.45) is 0. The maximum absolute atomic E-state index is 11.9. The Labute approximate surface area is 113 Å². The van der Waals surface area contributed by atoms with Crippen LogP contribution >= 0.6 is 23.2 Å². The molecule has 94 valence electrons.